The molecule has 0 radical (unpaired) electrons. The van der Waals surface area contributed by atoms with Crippen LogP contribution in [0.3, 0.4) is 0 Å². The van der Waals surface area contributed by atoms with Crippen molar-refractivity contribution in [3.63, 3.8) is 0 Å². The summed E-state index contributed by atoms with van der Waals surface area (Å²) >= 11 is 0. The number of nitrogens with one attached hydrogen (secondary N) is 1. The van der Waals surface area contributed by atoms with Gasteiger partial charge in [-0.05, 0) is 24.0 Å². The minimum absolute atomic E-state index is 0.132. The number of aliphatic carboxylic acids is 1. The standard InChI is InChI=1S/C14H20N2O5/c1-9(2)6-11(14(17)18)15-8-10-4-5-13(21-3)12(7-10)16(19)20/h4-5,7,9,11,15H,6,8H2,1-3H3,(H,17,18). The molecule has 0 aliphatic heterocycles. The highest BCUT2D eigenvalue weighted by Gasteiger charge is 2.19. The van der Waals surface area contributed by atoms with Gasteiger partial charge in [-0.15, -0.1) is 0 Å². The lowest BCUT2D eigenvalue weighted by Crippen LogP contribution is -2.37. The second-order valence-electron chi connectivity index (χ2n) is 5.16. The van der Waals surface area contributed by atoms with E-state index in [4.69, 9.17) is 9.84 Å². The molecule has 1 aromatic carbocycles. The van der Waals surface area contributed by atoms with Crippen molar-refractivity contribution in [2.45, 2.75) is 32.9 Å². The first-order valence-electron chi connectivity index (χ1n) is 6.62. The van der Waals surface area contributed by atoms with E-state index in [9.17, 15) is 14.9 Å². The Morgan fingerprint density at radius 2 is 2.14 bits per heavy atom. The van der Waals surface area contributed by atoms with Crippen molar-refractivity contribution in [3.05, 3.63) is 33.9 Å². The van der Waals surface area contributed by atoms with Crippen LogP contribution in [-0.4, -0.2) is 29.2 Å². The first-order chi connectivity index (χ1) is 9.85. The van der Waals surface area contributed by atoms with E-state index in [1.54, 1.807) is 6.07 Å². The second kappa shape index (κ2) is 7.58. The second-order valence-corrected chi connectivity index (χ2v) is 5.16. The fraction of sp³-hybridized carbons (Fsp3) is 0.500. The highest BCUT2D eigenvalue weighted by molar-refractivity contribution is 5.73. The molecule has 0 bridgehead atoms. The van der Waals surface area contributed by atoms with Crippen LogP contribution in [0, 0.1) is 16.0 Å². The maximum absolute atomic E-state index is 11.1. The largest absolute Gasteiger partial charge is 0.490 e. The quantitative estimate of drug-likeness (QED) is 0.563. The molecule has 0 spiro atoms. The Morgan fingerprint density at radius 3 is 2.62 bits per heavy atom. The first kappa shape index (κ1) is 16.9. The van der Waals surface area contributed by atoms with Gasteiger partial charge in [0, 0.05) is 12.6 Å². The lowest BCUT2D eigenvalue weighted by Gasteiger charge is -2.16. The zero-order valence-electron chi connectivity index (χ0n) is 12.3. The lowest BCUT2D eigenvalue weighted by atomic mass is 10.0. The number of ether oxygens (including phenoxy) is 1. The molecule has 0 saturated carbocycles. The molecular weight excluding hydrogens is 276 g/mol. The van der Waals surface area contributed by atoms with Gasteiger partial charge in [0.25, 0.3) is 0 Å². The van der Waals surface area contributed by atoms with Gasteiger partial charge < -0.3 is 15.2 Å². The van der Waals surface area contributed by atoms with Gasteiger partial charge in [-0.25, -0.2) is 0 Å². The first-order valence-corrected chi connectivity index (χ1v) is 6.62. The number of carboxylic acids is 1. The third kappa shape index (κ3) is 5.03. The van der Waals surface area contributed by atoms with Gasteiger partial charge in [-0.3, -0.25) is 14.9 Å². The summed E-state index contributed by atoms with van der Waals surface area (Å²) in [5.74, 6) is -0.503. The summed E-state index contributed by atoms with van der Waals surface area (Å²) in [6, 6.07) is 3.90. The monoisotopic (exact) mass is 296 g/mol. The highest BCUT2D eigenvalue weighted by atomic mass is 16.6. The molecule has 0 aliphatic rings. The maximum atomic E-state index is 11.1. The van der Waals surface area contributed by atoms with Crippen LogP contribution >= 0.6 is 0 Å². The van der Waals surface area contributed by atoms with E-state index in [-0.39, 0.29) is 23.9 Å². The number of nitro groups is 1. The van der Waals surface area contributed by atoms with Gasteiger partial charge in [0.2, 0.25) is 0 Å². The van der Waals surface area contributed by atoms with Crippen LogP contribution in [0.5, 0.6) is 5.75 Å². The van der Waals surface area contributed by atoms with E-state index in [1.807, 2.05) is 13.8 Å². The van der Waals surface area contributed by atoms with Crippen molar-refractivity contribution in [1.82, 2.24) is 5.32 Å². The van der Waals surface area contributed by atoms with Gasteiger partial charge in [-0.1, -0.05) is 19.9 Å². The molecule has 0 amide bonds. The minimum Gasteiger partial charge on any atom is -0.490 e. The fourth-order valence-corrected chi connectivity index (χ4v) is 1.97. The number of rotatable bonds is 8. The Hall–Kier alpha value is -2.15. The van der Waals surface area contributed by atoms with E-state index in [0.717, 1.165) is 0 Å². The van der Waals surface area contributed by atoms with Gasteiger partial charge in [0.05, 0.1) is 12.0 Å². The Kier molecular flexibility index (Phi) is 6.10. The van der Waals surface area contributed by atoms with E-state index >= 15 is 0 Å². The third-order valence-corrected chi connectivity index (χ3v) is 3.00. The van der Waals surface area contributed by atoms with Crippen molar-refractivity contribution in [3.8, 4) is 5.75 Å². The van der Waals surface area contributed by atoms with E-state index in [2.05, 4.69) is 5.32 Å². The summed E-state index contributed by atoms with van der Waals surface area (Å²) in [5, 5.41) is 23.0. The van der Waals surface area contributed by atoms with Gasteiger partial charge in [0.15, 0.2) is 5.75 Å². The smallest absolute Gasteiger partial charge is 0.320 e. The summed E-state index contributed by atoms with van der Waals surface area (Å²) in [6.07, 6.45) is 0.494. The molecule has 21 heavy (non-hydrogen) atoms. The fourth-order valence-electron chi connectivity index (χ4n) is 1.97. The lowest BCUT2D eigenvalue weighted by molar-refractivity contribution is -0.385. The maximum Gasteiger partial charge on any atom is 0.320 e. The molecule has 7 nitrogen and oxygen atoms in total. The van der Waals surface area contributed by atoms with Gasteiger partial charge >= 0.3 is 11.7 Å². The molecule has 0 saturated heterocycles. The zero-order chi connectivity index (χ0) is 16.0. The molecule has 0 fully saturated rings. The minimum atomic E-state index is -0.924. The highest BCUT2D eigenvalue weighted by Crippen LogP contribution is 2.27. The molecule has 2 N–H and O–H groups in total. The molecular formula is C14H20N2O5. The Balaban J connectivity index is 2.81. The predicted octanol–water partition coefficient (Wildman–Crippen LogP) is 2.19. The van der Waals surface area contributed by atoms with Crippen molar-refractivity contribution in [2.24, 2.45) is 5.92 Å². The van der Waals surface area contributed by atoms with Gasteiger partial charge in [-0.2, -0.15) is 0 Å². The van der Waals surface area contributed by atoms with Crippen LogP contribution in [0.15, 0.2) is 18.2 Å². The van der Waals surface area contributed by atoms with E-state index < -0.39 is 16.9 Å². The number of methoxy groups -OCH3 is 1. The van der Waals surface area contributed by atoms with Crippen molar-refractivity contribution >= 4 is 11.7 Å². The SMILES string of the molecule is COc1ccc(CNC(CC(C)C)C(=O)O)cc1[N+](=O)[O-]. The van der Waals surface area contributed by atoms with Gasteiger partial charge in [0.1, 0.15) is 6.04 Å². The number of hydrogen-bond acceptors (Lipinski definition) is 5. The molecule has 1 aromatic rings. The Labute approximate surface area is 123 Å². The molecule has 0 heterocycles. The topological polar surface area (TPSA) is 102 Å². The average Bonchev–Trinajstić information content (AvgIpc) is 2.42. The number of nitro benzene ring substituents is 1. The number of benzene rings is 1. The number of carbonyl (C=O) groups is 1. The van der Waals surface area contributed by atoms with Crippen LogP contribution in [-0.2, 0) is 11.3 Å². The molecule has 0 aliphatic carbocycles. The number of hydrogen-bond donors (Lipinski definition) is 2. The Bertz CT molecular complexity index is 516. The van der Waals surface area contributed by atoms with E-state index in [0.29, 0.717) is 12.0 Å². The van der Waals surface area contributed by atoms with E-state index in [1.165, 1.54) is 19.2 Å². The zero-order valence-corrected chi connectivity index (χ0v) is 12.3. The summed E-state index contributed by atoms with van der Waals surface area (Å²) < 4.78 is 4.92. The molecule has 116 valence electrons. The molecule has 7 heteroatoms. The third-order valence-electron chi connectivity index (χ3n) is 3.00. The van der Waals surface area contributed by atoms with Crippen LogP contribution in [0.4, 0.5) is 5.69 Å². The van der Waals surface area contributed by atoms with Crippen molar-refractivity contribution < 1.29 is 19.6 Å². The summed E-state index contributed by atoms with van der Waals surface area (Å²) in [4.78, 5) is 21.6. The number of nitrogens with zero attached hydrogens (tertiary/aromatic N) is 1. The molecule has 1 rings (SSSR count). The Morgan fingerprint density at radius 1 is 1.48 bits per heavy atom. The normalized spacial score (nSPS) is 12.2. The van der Waals surface area contributed by atoms with Crippen molar-refractivity contribution in [1.29, 1.82) is 0 Å². The van der Waals surface area contributed by atoms with Crippen LogP contribution in [0.2, 0.25) is 0 Å². The molecule has 1 unspecified atom stereocenters. The number of carboxylic acid groups (broad SMARTS) is 1. The van der Waals surface area contributed by atoms with Crippen LogP contribution < -0.4 is 10.1 Å². The molecule has 0 aromatic heterocycles. The van der Waals surface area contributed by atoms with Crippen LogP contribution in [0.1, 0.15) is 25.8 Å². The summed E-state index contributed by atoms with van der Waals surface area (Å²) in [7, 11) is 1.36. The summed E-state index contributed by atoms with van der Waals surface area (Å²) in [5.41, 5.74) is 0.505. The molecule has 1 atom stereocenters. The van der Waals surface area contributed by atoms with Crippen molar-refractivity contribution in [2.75, 3.05) is 7.11 Å². The van der Waals surface area contributed by atoms with Crippen LogP contribution in [0.25, 0.3) is 0 Å². The average molecular weight is 296 g/mol. The summed E-state index contributed by atoms with van der Waals surface area (Å²) in [6.45, 7) is 4.13. The predicted molar refractivity (Wildman–Crippen MR) is 77.4 cm³/mol.